The second kappa shape index (κ2) is 5.20. The first-order chi connectivity index (χ1) is 9.43. The Hall–Kier alpha value is -2.57. The predicted octanol–water partition coefficient (Wildman–Crippen LogP) is 2.63. The zero-order chi connectivity index (χ0) is 14.8. The molecule has 0 radical (unpaired) electrons. The van der Waals surface area contributed by atoms with Gasteiger partial charge in [0.05, 0.1) is 16.9 Å². The number of halogens is 3. The maximum absolute atomic E-state index is 12.9. The smallest absolute Gasteiger partial charge is 0.403 e. The molecule has 0 aliphatic carbocycles. The molecule has 104 valence electrons. The summed E-state index contributed by atoms with van der Waals surface area (Å²) in [7, 11) is 0. The predicted molar refractivity (Wildman–Crippen MR) is 71.4 cm³/mol. The minimum absolute atomic E-state index is 0.132. The second-order valence-electron chi connectivity index (χ2n) is 3.93. The number of nitrogens with two attached hydrogens (primary N) is 2. The van der Waals surface area contributed by atoms with Crippen LogP contribution in [0.15, 0.2) is 53.4 Å². The van der Waals surface area contributed by atoms with Crippen LogP contribution >= 0.6 is 0 Å². The van der Waals surface area contributed by atoms with Crippen molar-refractivity contribution in [3.63, 3.8) is 0 Å². The van der Waals surface area contributed by atoms with Gasteiger partial charge in [0.1, 0.15) is 0 Å². The van der Waals surface area contributed by atoms with Crippen molar-refractivity contribution >= 4 is 22.3 Å². The van der Waals surface area contributed by atoms with Crippen molar-refractivity contribution in [2.24, 2.45) is 16.5 Å². The van der Waals surface area contributed by atoms with E-state index in [1.807, 2.05) is 0 Å². The first kappa shape index (κ1) is 13.9. The Kier molecular flexibility index (Phi) is 3.60. The van der Waals surface area contributed by atoms with Gasteiger partial charge in [-0.2, -0.15) is 13.2 Å². The second-order valence-corrected chi connectivity index (χ2v) is 3.93. The van der Waals surface area contributed by atoms with Crippen LogP contribution in [-0.4, -0.2) is 16.9 Å². The van der Waals surface area contributed by atoms with Crippen molar-refractivity contribution in [1.29, 1.82) is 0 Å². The number of pyridine rings is 1. The lowest BCUT2D eigenvalue weighted by atomic mass is 10.2. The molecule has 0 spiro atoms. The van der Waals surface area contributed by atoms with Gasteiger partial charge < -0.3 is 11.5 Å². The molecule has 0 atom stereocenters. The number of fused-ring (bicyclic) bond motifs is 1. The summed E-state index contributed by atoms with van der Waals surface area (Å²) in [4.78, 5) is 7.66. The van der Waals surface area contributed by atoms with Gasteiger partial charge in [0.2, 0.25) is 0 Å². The Morgan fingerprint density at radius 1 is 1.20 bits per heavy atom. The van der Waals surface area contributed by atoms with Gasteiger partial charge in [0.25, 0.3) is 0 Å². The number of nitrogens with zero attached hydrogens (tertiary/aromatic N) is 2. The molecule has 0 amide bonds. The molecule has 0 bridgehead atoms. The van der Waals surface area contributed by atoms with Crippen molar-refractivity contribution < 1.29 is 13.2 Å². The van der Waals surface area contributed by atoms with Crippen LogP contribution in [0, 0.1) is 0 Å². The van der Waals surface area contributed by atoms with Crippen molar-refractivity contribution in [3.8, 4) is 0 Å². The number of hydrogen-bond donors (Lipinski definition) is 2. The molecule has 7 heteroatoms. The lowest BCUT2D eigenvalue weighted by Gasteiger charge is -2.11. The topological polar surface area (TPSA) is 77.3 Å². The van der Waals surface area contributed by atoms with Gasteiger partial charge in [-0.15, -0.1) is 0 Å². The minimum Gasteiger partial charge on any atom is -0.403 e. The monoisotopic (exact) mass is 280 g/mol. The van der Waals surface area contributed by atoms with Crippen LogP contribution in [0.25, 0.3) is 10.9 Å². The van der Waals surface area contributed by atoms with Crippen molar-refractivity contribution in [1.82, 2.24) is 4.98 Å². The third-order valence-electron chi connectivity index (χ3n) is 2.58. The molecule has 2 aromatic rings. The summed E-state index contributed by atoms with van der Waals surface area (Å²) in [5, 5.41) is 0.501. The Morgan fingerprint density at radius 2 is 1.95 bits per heavy atom. The van der Waals surface area contributed by atoms with Gasteiger partial charge >= 0.3 is 6.18 Å². The Balaban J connectivity index is 2.66. The fraction of sp³-hybridized carbons (Fsp3) is 0.0769. The summed E-state index contributed by atoms with van der Waals surface area (Å²) >= 11 is 0. The highest BCUT2D eigenvalue weighted by Gasteiger charge is 2.37. The quantitative estimate of drug-likeness (QED) is 0.830. The number of rotatable bonds is 2. The van der Waals surface area contributed by atoms with Gasteiger partial charge in [-0.1, -0.05) is 6.07 Å². The van der Waals surface area contributed by atoms with E-state index >= 15 is 0 Å². The molecule has 0 aliphatic heterocycles. The minimum atomic E-state index is -4.69. The maximum atomic E-state index is 12.9. The molecule has 2 rings (SSSR count). The number of benzene rings is 1. The zero-order valence-electron chi connectivity index (χ0n) is 10.2. The number of alkyl halides is 3. The molecule has 20 heavy (non-hydrogen) atoms. The van der Waals surface area contributed by atoms with Crippen LogP contribution in [0.1, 0.15) is 0 Å². The van der Waals surface area contributed by atoms with E-state index in [0.29, 0.717) is 17.1 Å². The molecule has 4 N–H and O–H groups in total. The highest BCUT2D eigenvalue weighted by Crippen LogP contribution is 2.28. The molecule has 0 saturated heterocycles. The normalized spacial score (nSPS) is 13.8. The van der Waals surface area contributed by atoms with Crippen LogP contribution < -0.4 is 11.5 Å². The van der Waals surface area contributed by atoms with E-state index in [4.69, 9.17) is 11.5 Å². The largest absolute Gasteiger partial charge is 0.435 e. The first-order valence-corrected chi connectivity index (χ1v) is 5.61. The molecule has 0 aliphatic rings. The SMILES string of the molecule is NC=C(N)C(=Nc1cccc2ncccc12)C(F)(F)F. The van der Waals surface area contributed by atoms with E-state index < -0.39 is 17.6 Å². The lowest BCUT2D eigenvalue weighted by Crippen LogP contribution is -2.29. The van der Waals surface area contributed by atoms with Crippen LogP contribution in [0.4, 0.5) is 18.9 Å². The molecule has 1 heterocycles. The first-order valence-electron chi connectivity index (χ1n) is 5.61. The highest BCUT2D eigenvalue weighted by molar-refractivity contribution is 6.06. The molecule has 0 saturated carbocycles. The van der Waals surface area contributed by atoms with E-state index in [9.17, 15) is 13.2 Å². The van der Waals surface area contributed by atoms with Gasteiger partial charge in [0.15, 0.2) is 5.71 Å². The average molecular weight is 280 g/mol. The van der Waals surface area contributed by atoms with E-state index in [2.05, 4.69) is 9.98 Å². The summed E-state index contributed by atoms with van der Waals surface area (Å²) < 4.78 is 38.8. The molecule has 1 aromatic heterocycles. The van der Waals surface area contributed by atoms with Gasteiger partial charge in [-0.05, 0) is 24.3 Å². The van der Waals surface area contributed by atoms with Crippen LogP contribution in [0.3, 0.4) is 0 Å². The van der Waals surface area contributed by atoms with Crippen molar-refractivity contribution in [2.75, 3.05) is 0 Å². The summed E-state index contributed by atoms with van der Waals surface area (Å²) in [6.45, 7) is 0. The van der Waals surface area contributed by atoms with Crippen LogP contribution in [0.5, 0.6) is 0 Å². The number of aliphatic imine (C=N–C) groups is 1. The summed E-state index contributed by atoms with van der Waals surface area (Å²) in [5.41, 5.74) is 9.15. The van der Waals surface area contributed by atoms with Crippen LogP contribution in [0.2, 0.25) is 0 Å². The van der Waals surface area contributed by atoms with Crippen molar-refractivity contribution in [2.45, 2.75) is 6.18 Å². The van der Waals surface area contributed by atoms with Gasteiger partial charge in [0, 0.05) is 17.8 Å². The summed E-state index contributed by atoms with van der Waals surface area (Å²) in [6, 6.07) is 7.97. The Morgan fingerprint density at radius 3 is 2.60 bits per heavy atom. The molecule has 0 fully saturated rings. The fourth-order valence-corrected chi connectivity index (χ4v) is 1.68. The van der Waals surface area contributed by atoms with E-state index in [0.717, 1.165) is 0 Å². The van der Waals surface area contributed by atoms with Crippen LogP contribution in [-0.2, 0) is 0 Å². The average Bonchev–Trinajstić information content (AvgIpc) is 2.42. The fourth-order valence-electron chi connectivity index (χ4n) is 1.68. The van der Waals surface area contributed by atoms with Crippen molar-refractivity contribution in [3.05, 3.63) is 48.4 Å². The molecule has 4 nitrogen and oxygen atoms in total. The number of hydrogen-bond acceptors (Lipinski definition) is 4. The lowest BCUT2D eigenvalue weighted by molar-refractivity contribution is -0.0582. The molecule has 1 aromatic carbocycles. The number of allylic oxidation sites excluding steroid dienone is 1. The Labute approximate surface area is 112 Å². The molecule has 0 unspecified atom stereocenters. The third-order valence-corrected chi connectivity index (χ3v) is 2.58. The Bertz CT molecular complexity index is 684. The molecular weight excluding hydrogens is 269 g/mol. The summed E-state index contributed by atoms with van der Waals surface area (Å²) in [5.74, 6) is 0. The van der Waals surface area contributed by atoms with E-state index in [1.54, 1.807) is 30.5 Å². The third kappa shape index (κ3) is 2.71. The number of aromatic nitrogens is 1. The standard InChI is InChI=1S/C13H11F3N4/c14-13(15,16)12(9(18)7-17)20-11-5-1-4-10-8(11)3-2-6-19-10/h1-7H,17-18H2. The van der Waals surface area contributed by atoms with Gasteiger partial charge in [-0.3, -0.25) is 4.98 Å². The maximum Gasteiger partial charge on any atom is 0.435 e. The zero-order valence-corrected chi connectivity index (χ0v) is 10.2. The highest BCUT2D eigenvalue weighted by atomic mass is 19.4. The van der Waals surface area contributed by atoms with Gasteiger partial charge in [-0.25, -0.2) is 4.99 Å². The van der Waals surface area contributed by atoms with E-state index in [-0.39, 0.29) is 5.69 Å². The summed E-state index contributed by atoms with van der Waals surface area (Å²) in [6.07, 6.45) is -2.46. The van der Waals surface area contributed by atoms with E-state index in [1.165, 1.54) is 6.07 Å². The molecular formula is C13H11F3N4.